The number of hydrogen-bond donors (Lipinski definition) is 0. The van der Waals surface area contributed by atoms with Crippen molar-refractivity contribution >= 4 is 0 Å². The van der Waals surface area contributed by atoms with Crippen LogP contribution in [0.1, 0.15) is 126 Å². The zero-order chi connectivity index (χ0) is 22.4. The summed E-state index contributed by atoms with van der Waals surface area (Å²) in [5.74, 6) is 6.75. The first kappa shape index (κ1) is 24.1. The summed E-state index contributed by atoms with van der Waals surface area (Å²) >= 11 is 0. The number of rotatable bonds is 7. The predicted octanol–water partition coefficient (Wildman–Crippen LogP) is 8.90. The second-order valence-corrected chi connectivity index (χ2v) is 13.8. The summed E-state index contributed by atoms with van der Waals surface area (Å²) in [6.07, 6.45) is 18.4. The van der Waals surface area contributed by atoms with E-state index in [0.717, 1.165) is 41.4 Å². The van der Waals surface area contributed by atoms with Crippen molar-refractivity contribution in [2.45, 2.75) is 138 Å². The first-order valence-electron chi connectivity index (χ1n) is 14.3. The molecule has 4 aliphatic rings. The van der Waals surface area contributed by atoms with Gasteiger partial charge in [0.1, 0.15) is 0 Å². The summed E-state index contributed by atoms with van der Waals surface area (Å²) in [5, 5.41) is 0. The largest absolute Gasteiger partial charge is 0.376 e. The molecule has 0 spiro atoms. The van der Waals surface area contributed by atoms with Crippen molar-refractivity contribution in [1.82, 2.24) is 0 Å². The highest BCUT2D eigenvalue weighted by Crippen LogP contribution is 2.68. The van der Waals surface area contributed by atoms with Crippen molar-refractivity contribution in [3.8, 4) is 0 Å². The molecule has 1 nitrogen and oxygen atoms in total. The van der Waals surface area contributed by atoms with E-state index >= 15 is 0 Å². The van der Waals surface area contributed by atoms with Gasteiger partial charge in [0, 0.05) is 0 Å². The molecule has 180 valence electrons. The van der Waals surface area contributed by atoms with Crippen LogP contribution in [0, 0.1) is 52.3 Å². The summed E-state index contributed by atoms with van der Waals surface area (Å²) in [5.41, 5.74) is 1.24. The summed E-state index contributed by atoms with van der Waals surface area (Å²) in [4.78, 5) is 0. The Morgan fingerprint density at radius 1 is 0.774 bits per heavy atom. The lowest BCUT2D eigenvalue weighted by Crippen LogP contribution is -2.54. The van der Waals surface area contributed by atoms with E-state index in [0.29, 0.717) is 23.0 Å². The molecule has 4 saturated carbocycles. The molecule has 0 bridgehead atoms. The van der Waals surface area contributed by atoms with E-state index in [9.17, 15) is 0 Å². The van der Waals surface area contributed by atoms with Crippen molar-refractivity contribution < 1.29 is 4.74 Å². The van der Waals surface area contributed by atoms with E-state index in [4.69, 9.17) is 4.74 Å². The average Bonchev–Trinajstić information content (AvgIpc) is 3.05. The van der Waals surface area contributed by atoms with Gasteiger partial charge in [-0.2, -0.15) is 0 Å². The molecular weight excluding hydrogens is 376 g/mol. The van der Waals surface area contributed by atoms with Crippen LogP contribution in [0.15, 0.2) is 0 Å². The van der Waals surface area contributed by atoms with Crippen molar-refractivity contribution in [1.29, 1.82) is 0 Å². The van der Waals surface area contributed by atoms with Gasteiger partial charge < -0.3 is 4.74 Å². The van der Waals surface area contributed by atoms with Gasteiger partial charge in [-0.1, -0.05) is 53.9 Å². The second kappa shape index (κ2) is 9.31. The second-order valence-electron chi connectivity index (χ2n) is 13.8. The lowest BCUT2D eigenvalue weighted by Gasteiger charge is -2.61. The molecule has 0 heterocycles. The fraction of sp³-hybridized carbons (Fsp3) is 1.00. The Bertz CT molecular complexity index is 595. The molecule has 0 aliphatic heterocycles. The van der Waals surface area contributed by atoms with Crippen molar-refractivity contribution in [2.24, 2.45) is 52.3 Å². The highest BCUT2D eigenvalue weighted by atomic mass is 16.5. The van der Waals surface area contributed by atoms with Gasteiger partial charge in [0.05, 0.1) is 12.2 Å². The van der Waals surface area contributed by atoms with Gasteiger partial charge in [0.2, 0.25) is 0 Å². The molecule has 1 heteroatoms. The van der Waals surface area contributed by atoms with Crippen LogP contribution in [0.2, 0.25) is 0 Å². The molecule has 0 aromatic heterocycles. The Morgan fingerprint density at radius 3 is 2.19 bits per heavy atom. The third kappa shape index (κ3) is 4.52. The van der Waals surface area contributed by atoms with Crippen LogP contribution in [-0.2, 0) is 4.74 Å². The summed E-state index contributed by atoms with van der Waals surface area (Å²) in [6.45, 7) is 17.3. The number of ether oxygens (including phenoxy) is 1. The minimum Gasteiger partial charge on any atom is -0.376 e. The topological polar surface area (TPSA) is 9.23 Å². The van der Waals surface area contributed by atoms with Gasteiger partial charge in [-0.3, -0.25) is 0 Å². The molecule has 0 N–H and O–H groups in total. The summed E-state index contributed by atoms with van der Waals surface area (Å²) in [7, 11) is 0. The molecule has 4 rings (SSSR count). The number of hydrogen-bond acceptors (Lipinski definition) is 1. The Morgan fingerprint density at radius 2 is 1.48 bits per heavy atom. The zero-order valence-corrected chi connectivity index (χ0v) is 22.1. The maximum atomic E-state index is 6.29. The zero-order valence-electron chi connectivity index (χ0n) is 22.1. The first-order chi connectivity index (χ1) is 14.6. The average molecular weight is 431 g/mol. The lowest BCUT2D eigenvalue weighted by atomic mass is 9.44. The maximum absolute atomic E-state index is 6.29. The molecule has 31 heavy (non-hydrogen) atoms. The van der Waals surface area contributed by atoms with Crippen LogP contribution in [0.3, 0.4) is 0 Å². The van der Waals surface area contributed by atoms with E-state index in [1.54, 1.807) is 0 Å². The molecule has 0 aromatic rings. The Balaban J connectivity index is 1.43. The van der Waals surface area contributed by atoms with Crippen LogP contribution in [0.5, 0.6) is 0 Å². The van der Waals surface area contributed by atoms with E-state index in [2.05, 4.69) is 48.5 Å². The van der Waals surface area contributed by atoms with Crippen LogP contribution >= 0.6 is 0 Å². The highest BCUT2D eigenvalue weighted by molar-refractivity contribution is 5.09. The third-order valence-corrected chi connectivity index (χ3v) is 11.3. The van der Waals surface area contributed by atoms with E-state index in [1.807, 2.05) is 0 Å². The lowest BCUT2D eigenvalue weighted by molar-refractivity contribution is -0.142. The smallest absolute Gasteiger partial charge is 0.0581 e. The Kier molecular flexibility index (Phi) is 7.23. The van der Waals surface area contributed by atoms with Crippen LogP contribution < -0.4 is 0 Å². The van der Waals surface area contributed by atoms with Gasteiger partial charge in [-0.15, -0.1) is 0 Å². The minimum atomic E-state index is 0.388. The monoisotopic (exact) mass is 430 g/mol. The standard InChI is InChI=1S/C30H54O/c1-20(2)9-8-10-22(5)26-13-14-27-25-12-11-23-19-24(31-21(3)4)15-17-29(23,6)28(25)16-18-30(26,27)7/h20-28H,8-19H2,1-7H3/t22-,23+,24+,25+,26-,27+,28?,29?,30?/m1/s1. The van der Waals surface area contributed by atoms with E-state index in [-0.39, 0.29) is 0 Å². The molecule has 0 radical (unpaired) electrons. The van der Waals surface area contributed by atoms with Gasteiger partial charge in [0.15, 0.2) is 0 Å². The van der Waals surface area contributed by atoms with Gasteiger partial charge in [0.25, 0.3) is 0 Å². The quantitative estimate of drug-likeness (QED) is 0.392. The van der Waals surface area contributed by atoms with Crippen molar-refractivity contribution in [3.63, 3.8) is 0 Å². The Labute approximate surface area is 194 Å². The summed E-state index contributed by atoms with van der Waals surface area (Å²) in [6, 6.07) is 0. The van der Waals surface area contributed by atoms with Gasteiger partial charge >= 0.3 is 0 Å². The first-order valence-corrected chi connectivity index (χ1v) is 14.3. The molecule has 4 fully saturated rings. The molecular formula is C30H54O. The number of fused-ring (bicyclic) bond motifs is 5. The fourth-order valence-corrected chi connectivity index (χ4v) is 9.75. The van der Waals surface area contributed by atoms with Crippen molar-refractivity contribution in [3.05, 3.63) is 0 Å². The van der Waals surface area contributed by atoms with Gasteiger partial charge in [-0.05, 0) is 124 Å². The molecule has 3 unspecified atom stereocenters. The Hall–Kier alpha value is -0.0400. The molecule has 0 aromatic carbocycles. The third-order valence-electron chi connectivity index (χ3n) is 11.3. The van der Waals surface area contributed by atoms with Crippen LogP contribution in [0.25, 0.3) is 0 Å². The molecule has 4 aliphatic carbocycles. The van der Waals surface area contributed by atoms with Crippen LogP contribution in [-0.4, -0.2) is 12.2 Å². The molecule has 9 atom stereocenters. The van der Waals surface area contributed by atoms with Crippen LogP contribution in [0.4, 0.5) is 0 Å². The summed E-state index contributed by atoms with van der Waals surface area (Å²) < 4.78 is 6.29. The maximum Gasteiger partial charge on any atom is 0.0581 e. The van der Waals surface area contributed by atoms with E-state index < -0.39 is 0 Å². The van der Waals surface area contributed by atoms with Crippen molar-refractivity contribution in [2.75, 3.05) is 0 Å². The predicted molar refractivity (Wildman–Crippen MR) is 133 cm³/mol. The fourth-order valence-electron chi connectivity index (χ4n) is 9.75. The molecule has 0 amide bonds. The normalized spacial score (nSPS) is 46.0. The SMILES string of the molecule is CC(C)CCC[C@@H](C)[C@H]1CC[C@H]2[C@@H]3CC[C@H]4C[C@@H](OC(C)C)CCC4(C)C3CCC12C. The minimum absolute atomic E-state index is 0.388. The van der Waals surface area contributed by atoms with Gasteiger partial charge in [-0.25, -0.2) is 0 Å². The van der Waals surface area contributed by atoms with E-state index in [1.165, 1.54) is 77.0 Å². The highest BCUT2D eigenvalue weighted by Gasteiger charge is 2.60. The molecule has 0 saturated heterocycles.